The smallest absolute Gasteiger partial charge is 0.315 e. The first kappa shape index (κ1) is 14.9. The van der Waals surface area contributed by atoms with Gasteiger partial charge in [-0.25, -0.2) is 4.79 Å². The van der Waals surface area contributed by atoms with E-state index in [1.165, 1.54) is 25.7 Å². The van der Waals surface area contributed by atoms with E-state index >= 15 is 0 Å². The molecule has 4 nitrogen and oxygen atoms in total. The van der Waals surface area contributed by atoms with E-state index in [9.17, 15) is 4.79 Å². The summed E-state index contributed by atoms with van der Waals surface area (Å²) >= 11 is 0. The van der Waals surface area contributed by atoms with E-state index in [-0.39, 0.29) is 12.1 Å². The average molecular weight is 300 g/mol. The number of urea groups is 1. The lowest BCUT2D eigenvalue weighted by molar-refractivity contribution is 0.231. The lowest BCUT2D eigenvalue weighted by atomic mass is 10.1. The zero-order valence-electron chi connectivity index (χ0n) is 13.1. The number of benzene rings is 1. The first-order chi connectivity index (χ1) is 10.7. The minimum Gasteiger partial charge on any atom is -0.459 e. The topological polar surface area (TPSA) is 54.3 Å². The van der Waals surface area contributed by atoms with Crippen LogP contribution in [0, 0.1) is 0 Å². The molecule has 0 bridgehead atoms. The molecular formula is C18H24N2O2. The summed E-state index contributed by atoms with van der Waals surface area (Å²) in [5, 5.41) is 7.15. The van der Waals surface area contributed by atoms with Gasteiger partial charge in [-0.3, -0.25) is 0 Å². The van der Waals surface area contributed by atoms with Crippen LogP contribution in [-0.4, -0.2) is 12.1 Å². The fraction of sp³-hybridized carbons (Fsp3) is 0.500. The highest BCUT2D eigenvalue weighted by atomic mass is 16.3. The first-order valence-electron chi connectivity index (χ1n) is 8.28. The van der Waals surface area contributed by atoms with E-state index in [1.54, 1.807) is 0 Å². The highest BCUT2D eigenvalue weighted by Crippen LogP contribution is 2.23. The molecule has 1 aromatic heterocycles. The molecule has 0 spiro atoms. The number of rotatable bonds is 3. The molecule has 1 unspecified atom stereocenters. The van der Waals surface area contributed by atoms with Gasteiger partial charge in [-0.15, -0.1) is 0 Å². The number of fused-ring (bicyclic) bond motifs is 1. The summed E-state index contributed by atoms with van der Waals surface area (Å²) < 4.78 is 5.80. The number of furan rings is 1. The van der Waals surface area contributed by atoms with Gasteiger partial charge in [-0.1, -0.05) is 43.9 Å². The first-order valence-corrected chi connectivity index (χ1v) is 8.28. The number of amides is 2. The Morgan fingerprint density at radius 3 is 2.64 bits per heavy atom. The van der Waals surface area contributed by atoms with Crippen LogP contribution in [0.2, 0.25) is 0 Å². The summed E-state index contributed by atoms with van der Waals surface area (Å²) in [6.45, 7) is 1.95. The maximum absolute atomic E-state index is 12.2. The van der Waals surface area contributed by atoms with Crippen molar-refractivity contribution in [1.82, 2.24) is 10.6 Å². The predicted molar refractivity (Wildman–Crippen MR) is 87.8 cm³/mol. The van der Waals surface area contributed by atoms with Crippen molar-refractivity contribution in [2.24, 2.45) is 0 Å². The second-order valence-corrected chi connectivity index (χ2v) is 6.21. The van der Waals surface area contributed by atoms with E-state index in [0.717, 1.165) is 29.6 Å². The van der Waals surface area contributed by atoms with Crippen molar-refractivity contribution in [3.8, 4) is 0 Å². The van der Waals surface area contributed by atoms with Crippen molar-refractivity contribution in [1.29, 1.82) is 0 Å². The van der Waals surface area contributed by atoms with Crippen LogP contribution in [-0.2, 0) is 0 Å². The molecule has 2 aromatic rings. The summed E-state index contributed by atoms with van der Waals surface area (Å²) in [7, 11) is 0. The molecule has 1 saturated carbocycles. The van der Waals surface area contributed by atoms with Crippen molar-refractivity contribution >= 4 is 17.0 Å². The third kappa shape index (κ3) is 3.62. The summed E-state index contributed by atoms with van der Waals surface area (Å²) in [6, 6.07) is 9.96. The standard InChI is InChI=1S/C18H24N2O2/c1-13(17-12-14-8-6-7-11-16(14)22-17)19-18(21)20-15-9-4-2-3-5-10-15/h6-8,11-13,15H,2-5,9-10H2,1H3,(H2,19,20,21). The largest absolute Gasteiger partial charge is 0.459 e. The average Bonchev–Trinajstić information content (AvgIpc) is 2.79. The zero-order chi connectivity index (χ0) is 15.4. The minimum absolute atomic E-state index is 0.0974. The molecule has 4 heteroatoms. The van der Waals surface area contributed by atoms with Gasteiger partial charge in [0.2, 0.25) is 0 Å². The fourth-order valence-electron chi connectivity index (χ4n) is 3.13. The Balaban J connectivity index is 1.58. The Labute approximate surface area is 131 Å². The van der Waals surface area contributed by atoms with Gasteiger partial charge in [0.25, 0.3) is 0 Å². The second kappa shape index (κ2) is 6.86. The van der Waals surface area contributed by atoms with Crippen LogP contribution in [0.3, 0.4) is 0 Å². The maximum atomic E-state index is 12.2. The van der Waals surface area contributed by atoms with Crippen LogP contribution in [0.25, 0.3) is 11.0 Å². The molecule has 2 N–H and O–H groups in total. The monoisotopic (exact) mass is 300 g/mol. The molecule has 1 aromatic carbocycles. The van der Waals surface area contributed by atoms with Gasteiger partial charge in [0.1, 0.15) is 11.3 Å². The molecule has 1 aliphatic rings. The highest BCUT2D eigenvalue weighted by Gasteiger charge is 2.18. The summed E-state index contributed by atoms with van der Waals surface area (Å²) in [5.74, 6) is 0.789. The molecular weight excluding hydrogens is 276 g/mol. The molecule has 118 valence electrons. The van der Waals surface area contributed by atoms with Crippen LogP contribution in [0.4, 0.5) is 4.79 Å². The number of hydrogen-bond acceptors (Lipinski definition) is 2. The Hall–Kier alpha value is -1.97. The van der Waals surface area contributed by atoms with Crippen LogP contribution < -0.4 is 10.6 Å². The van der Waals surface area contributed by atoms with Gasteiger partial charge in [0.15, 0.2) is 0 Å². The molecule has 1 aliphatic carbocycles. The normalized spacial score (nSPS) is 17.9. The maximum Gasteiger partial charge on any atom is 0.315 e. The van der Waals surface area contributed by atoms with Crippen LogP contribution >= 0.6 is 0 Å². The van der Waals surface area contributed by atoms with Gasteiger partial charge in [-0.05, 0) is 31.9 Å². The quantitative estimate of drug-likeness (QED) is 0.819. The number of carbonyl (C=O) groups excluding carboxylic acids is 1. The van der Waals surface area contributed by atoms with Crippen LogP contribution in [0.15, 0.2) is 34.7 Å². The molecule has 1 atom stereocenters. The van der Waals surface area contributed by atoms with E-state index in [1.807, 2.05) is 37.3 Å². The molecule has 1 heterocycles. The lowest BCUT2D eigenvalue weighted by Gasteiger charge is -2.18. The van der Waals surface area contributed by atoms with E-state index in [2.05, 4.69) is 10.6 Å². The van der Waals surface area contributed by atoms with E-state index < -0.39 is 0 Å². The van der Waals surface area contributed by atoms with Crippen molar-refractivity contribution < 1.29 is 9.21 Å². The number of para-hydroxylation sites is 1. The van der Waals surface area contributed by atoms with Crippen molar-refractivity contribution in [2.45, 2.75) is 57.5 Å². The predicted octanol–water partition coefficient (Wildman–Crippen LogP) is 4.52. The van der Waals surface area contributed by atoms with Crippen LogP contribution in [0.5, 0.6) is 0 Å². The summed E-state index contributed by atoms with van der Waals surface area (Å²) in [5.41, 5.74) is 0.857. The molecule has 22 heavy (non-hydrogen) atoms. The third-order valence-corrected chi connectivity index (χ3v) is 4.41. The van der Waals surface area contributed by atoms with Gasteiger partial charge in [0.05, 0.1) is 6.04 Å². The van der Waals surface area contributed by atoms with E-state index in [4.69, 9.17) is 4.42 Å². The SMILES string of the molecule is CC(NC(=O)NC1CCCCCC1)c1cc2ccccc2o1. The fourth-order valence-corrected chi connectivity index (χ4v) is 3.13. The van der Waals surface area contributed by atoms with Gasteiger partial charge < -0.3 is 15.1 Å². The van der Waals surface area contributed by atoms with Crippen molar-refractivity contribution in [2.75, 3.05) is 0 Å². The van der Waals surface area contributed by atoms with E-state index in [0.29, 0.717) is 6.04 Å². The zero-order valence-corrected chi connectivity index (χ0v) is 13.1. The van der Waals surface area contributed by atoms with Gasteiger partial charge in [0, 0.05) is 11.4 Å². The molecule has 1 fully saturated rings. The lowest BCUT2D eigenvalue weighted by Crippen LogP contribution is -2.42. The van der Waals surface area contributed by atoms with Crippen molar-refractivity contribution in [3.63, 3.8) is 0 Å². The Bertz CT molecular complexity index is 594. The third-order valence-electron chi connectivity index (χ3n) is 4.41. The molecule has 2 amide bonds. The highest BCUT2D eigenvalue weighted by molar-refractivity contribution is 5.78. The minimum atomic E-state index is -0.141. The Morgan fingerprint density at radius 1 is 1.18 bits per heavy atom. The van der Waals surface area contributed by atoms with Gasteiger partial charge >= 0.3 is 6.03 Å². The Kier molecular flexibility index (Phi) is 4.66. The number of carbonyl (C=O) groups is 1. The second-order valence-electron chi connectivity index (χ2n) is 6.21. The molecule has 0 radical (unpaired) electrons. The number of nitrogens with one attached hydrogen (secondary N) is 2. The summed E-state index contributed by atoms with van der Waals surface area (Å²) in [4.78, 5) is 12.2. The van der Waals surface area contributed by atoms with Crippen molar-refractivity contribution in [3.05, 3.63) is 36.1 Å². The Morgan fingerprint density at radius 2 is 1.91 bits per heavy atom. The molecule has 0 saturated heterocycles. The molecule has 3 rings (SSSR count). The molecule has 0 aliphatic heterocycles. The number of hydrogen-bond donors (Lipinski definition) is 2. The van der Waals surface area contributed by atoms with Gasteiger partial charge in [-0.2, -0.15) is 0 Å². The summed E-state index contributed by atoms with van der Waals surface area (Å²) in [6.07, 6.45) is 7.18. The van der Waals surface area contributed by atoms with Crippen LogP contribution in [0.1, 0.15) is 57.3 Å².